The summed E-state index contributed by atoms with van der Waals surface area (Å²) in [6, 6.07) is 13.8. The lowest BCUT2D eigenvalue weighted by Crippen LogP contribution is -2.25. The second kappa shape index (κ2) is 7.59. The lowest BCUT2D eigenvalue weighted by Gasteiger charge is -2.13. The molecule has 1 aliphatic rings. The van der Waals surface area contributed by atoms with Crippen LogP contribution >= 0.6 is 11.8 Å². The highest BCUT2D eigenvalue weighted by Crippen LogP contribution is 2.30. The monoisotopic (exact) mass is 396 g/mol. The molecule has 2 aromatic carbocycles. The van der Waals surface area contributed by atoms with E-state index in [1.165, 1.54) is 0 Å². The Balaban J connectivity index is 1.65. The third-order valence-electron chi connectivity index (χ3n) is 4.90. The van der Waals surface area contributed by atoms with Crippen molar-refractivity contribution in [2.24, 2.45) is 0 Å². The van der Waals surface area contributed by atoms with E-state index in [0.717, 1.165) is 45.3 Å². The van der Waals surface area contributed by atoms with Gasteiger partial charge < -0.3 is 14.0 Å². The van der Waals surface area contributed by atoms with Crippen LogP contribution < -0.4 is 14.8 Å². The van der Waals surface area contributed by atoms with E-state index < -0.39 is 0 Å². The van der Waals surface area contributed by atoms with Crippen molar-refractivity contribution in [3.63, 3.8) is 0 Å². The van der Waals surface area contributed by atoms with E-state index in [2.05, 4.69) is 22.0 Å². The standard InChI is InChI=1S/C21H20N2O4S/c1-26-15-6-7-18(27-2)14(10-15)12-23-9-8-16-13(4-3-5-17(16)23)11-19-20(24)22-21(25)28-19/h3-10,19H,11-12H2,1-2H3,(H,22,24,25). The van der Waals surface area contributed by atoms with Gasteiger partial charge in [-0.3, -0.25) is 14.9 Å². The van der Waals surface area contributed by atoms with Crippen LogP contribution in [0.4, 0.5) is 4.79 Å². The molecule has 1 atom stereocenters. The summed E-state index contributed by atoms with van der Waals surface area (Å²) in [7, 11) is 3.30. The maximum atomic E-state index is 11.9. The molecule has 28 heavy (non-hydrogen) atoms. The summed E-state index contributed by atoms with van der Waals surface area (Å²) >= 11 is 1.06. The fraction of sp³-hybridized carbons (Fsp3) is 0.238. The predicted molar refractivity (Wildman–Crippen MR) is 109 cm³/mol. The SMILES string of the molecule is COc1ccc(OC)c(Cn2ccc3c(CC4SC(=O)NC4=O)cccc32)c1. The Bertz CT molecular complexity index is 1060. The number of carbonyl (C=O) groups is 2. The van der Waals surface area contributed by atoms with Crippen LogP contribution in [0.25, 0.3) is 10.9 Å². The number of rotatable bonds is 6. The fourth-order valence-corrected chi connectivity index (χ4v) is 4.37. The molecule has 1 aromatic heterocycles. The molecule has 2 amide bonds. The first-order valence-electron chi connectivity index (χ1n) is 8.88. The summed E-state index contributed by atoms with van der Waals surface area (Å²) in [6.45, 7) is 0.629. The number of methoxy groups -OCH3 is 2. The molecular formula is C21H20N2O4S. The smallest absolute Gasteiger partial charge is 0.286 e. The van der Waals surface area contributed by atoms with Gasteiger partial charge in [0.1, 0.15) is 11.5 Å². The lowest BCUT2D eigenvalue weighted by molar-refractivity contribution is -0.118. The highest BCUT2D eigenvalue weighted by Gasteiger charge is 2.31. The molecule has 1 saturated heterocycles. The third kappa shape index (κ3) is 3.45. The molecule has 0 bridgehead atoms. The van der Waals surface area contributed by atoms with E-state index in [1.54, 1.807) is 14.2 Å². The van der Waals surface area contributed by atoms with Gasteiger partial charge in [-0.05, 0) is 42.3 Å². The van der Waals surface area contributed by atoms with Crippen molar-refractivity contribution in [1.29, 1.82) is 0 Å². The minimum Gasteiger partial charge on any atom is -0.497 e. The number of imide groups is 1. The molecular weight excluding hydrogens is 376 g/mol. The van der Waals surface area contributed by atoms with Crippen LogP contribution in [0.15, 0.2) is 48.7 Å². The average Bonchev–Trinajstić information content (AvgIpc) is 3.25. The third-order valence-corrected chi connectivity index (χ3v) is 5.89. The van der Waals surface area contributed by atoms with Gasteiger partial charge >= 0.3 is 0 Å². The zero-order valence-corrected chi connectivity index (χ0v) is 16.4. The van der Waals surface area contributed by atoms with Gasteiger partial charge in [0.15, 0.2) is 0 Å². The molecule has 7 heteroatoms. The molecule has 0 spiro atoms. The largest absolute Gasteiger partial charge is 0.497 e. The van der Waals surface area contributed by atoms with E-state index in [0.29, 0.717) is 13.0 Å². The number of nitrogens with zero attached hydrogens (tertiary/aromatic N) is 1. The van der Waals surface area contributed by atoms with E-state index in [4.69, 9.17) is 9.47 Å². The number of benzene rings is 2. The summed E-state index contributed by atoms with van der Waals surface area (Å²) in [5.74, 6) is 1.37. The number of thioether (sulfide) groups is 1. The van der Waals surface area contributed by atoms with Crippen LogP contribution in [-0.2, 0) is 17.8 Å². The van der Waals surface area contributed by atoms with Gasteiger partial charge in [-0.2, -0.15) is 0 Å². The maximum absolute atomic E-state index is 11.9. The van der Waals surface area contributed by atoms with Gasteiger partial charge in [0, 0.05) is 22.7 Å². The van der Waals surface area contributed by atoms with Crippen molar-refractivity contribution in [2.75, 3.05) is 14.2 Å². The van der Waals surface area contributed by atoms with Crippen LogP contribution in [0.3, 0.4) is 0 Å². The van der Waals surface area contributed by atoms with Gasteiger partial charge in [-0.15, -0.1) is 0 Å². The molecule has 2 heterocycles. The summed E-state index contributed by atoms with van der Waals surface area (Å²) in [5, 5.41) is 2.78. The molecule has 4 rings (SSSR count). The molecule has 1 N–H and O–H groups in total. The molecule has 1 aliphatic heterocycles. The highest BCUT2D eigenvalue weighted by atomic mass is 32.2. The first-order chi connectivity index (χ1) is 13.6. The number of nitrogens with one attached hydrogen (secondary N) is 1. The number of aromatic nitrogens is 1. The van der Waals surface area contributed by atoms with Crippen LogP contribution in [0.5, 0.6) is 11.5 Å². The molecule has 0 radical (unpaired) electrons. The minimum absolute atomic E-state index is 0.215. The Morgan fingerprint density at radius 1 is 1.07 bits per heavy atom. The summed E-state index contributed by atoms with van der Waals surface area (Å²) in [6.07, 6.45) is 2.55. The number of carbonyl (C=O) groups excluding carboxylic acids is 2. The predicted octanol–water partition coefficient (Wildman–Crippen LogP) is 3.60. The van der Waals surface area contributed by atoms with Crippen molar-refractivity contribution in [3.05, 3.63) is 59.8 Å². The van der Waals surface area contributed by atoms with E-state index in [1.807, 2.05) is 36.5 Å². The van der Waals surface area contributed by atoms with E-state index >= 15 is 0 Å². The Labute approximate surface area is 166 Å². The van der Waals surface area contributed by atoms with E-state index in [-0.39, 0.29) is 16.4 Å². The summed E-state index contributed by atoms with van der Waals surface area (Å²) in [5.41, 5.74) is 3.13. The summed E-state index contributed by atoms with van der Waals surface area (Å²) < 4.78 is 13.0. The normalized spacial score (nSPS) is 16.4. The molecule has 144 valence electrons. The summed E-state index contributed by atoms with van der Waals surface area (Å²) in [4.78, 5) is 23.4. The number of fused-ring (bicyclic) bond motifs is 1. The Kier molecular flexibility index (Phi) is 5.00. The van der Waals surface area contributed by atoms with Crippen LogP contribution in [-0.4, -0.2) is 35.2 Å². The first kappa shape index (κ1) is 18.4. The van der Waals surface area contributed by atoms with Crippen molar-refractivity contribution < 1.29 is 19.1 Å². The van der Waals surface area contributed by atoms with Crippen molar-refractivity contribution in [2.45, 2.75) is 18.2 Å². The van der Waals surface area contributed by atoms with Gasteiger partial charge in [0.25, 0.3) is 5.24 Å². The quantitative estimate of drug-likeness (QED) is 0.689. The minimum atomic E-state index is -0.375. The number of hydrogen-bond acceptors (Lipinski definition) is 5. The second-order valence-corrected chi connectivity index (χ2v) is 7.73. The number of ether oxygens (including phenoxy) is 2. The van der Waals surface area contributed by atoms with Gasteiger partial charge in [0.2, 0.25) is 5.91 Å². The highest BCUT2D eigenvalue weighted by molar-refractivity contribution is 8.15. The first-order valence-corrected chi connectivity index (χ1v) is 9.76. The van der Waals surface area contributed by atoms with Gasteiger partial charge in [-0.1, -0.05) is 23.9 Å². The zero-order valence-electron chi connectivity index (χ0n) is 15.6. The Morgan fingerprint density at radius 2 is 1.93 bits per heavy atom. The molecule has 3 aromatic rings. The average molecular weight is 396 g/mol. The Morgan fingerprint density at radius 3 is 2.64 bits per heavy atom. The van der Waals surface area contributed by atoms with Crippen molar-refractivity contribution in [1.82, 2.24) is 9.88 Å². The second-order valence-electron chi connectivity index (χ2n) is 6.56. The number of hydrogen-bond donors (Lipinski definition) is 1. The molecule has 1 unspecified atom stereocenters. The lowest BCUT2D eigenvalue weighted by atomic mass is 10.0. The molecule has 0 saturated carbocycles. The maximum Gasteiger partial charge on any atom is 0.286 e. The topological polar surface area (TPSA) is 69.6 Å². The van der Waals surface area contributed by atoms with Crippen molar-refractivity contribution >= 4 is 33.8 Å². The van der Waals surface area contributed by atoms with Crippen LogP contribution in [0.2, 0.25) is 0 Å². The fourth-order valence-electron chi connectivity index (χ4n) is 3.52. The molecule has 6 nitrogen and oxygen atoms in total. The van der Waals surface area contributed by atoms with Crippen LogP contribution in [0.1, 0.15) is 11.1 Å². The number of amides is 2. The van der Waals surface area contributed by atoms with Crippen LogP contribution in [0, 0.1) is 0 Å². The Hall–Kier alpha value is -2.93. The zero-order chi connectivity index (χ0) is 19.7. The van der Waals surface area contributed by atoms with Gasteiger partial charge in [-0.25, -0.2) is 0 Å². The molecule has 1 fully saturated rings. The van der Waals surface area contributed by atoms with Gasteiger partial charge in [0.05, 0.1) is 26.0 Å². The molecule has 0 aliphatic carbocycles. The van der Waals surface area contributed by atoms with Crippen molar-refractivity contribution in [3.8, 4) is 11.5 Å². The van der Waals surface area contributed by atoms with E-state index in [9.17, 15) is 9.59 Å².